The molecule has 0 fully saturated rings. The lowest BCUT2D eigenvalue weighted by Gasteiger charge is -2.28. The number of rotatable bonds is 4. The Morgan fingerprint density at radius 2 is 1.52 bits per heavy atom. The minimum atomic E-state index is -0.774. The maximum atomic E-state index is 13.1. The van der Waals surface area contributed by atoms with E-state index in [1.165, 1.54) is 12.1 Å². The summed E-state index contributed by atoms with van der Waals surface area (Å²) in [6.07, 6.45) is 0. The molecule has 0 unspecified atom stereocenters. The van der Waals surface area contributed by atoms with Crippen molar-refractivity contribution in [1.29, 1.82) is 0 Å². The SMILES string of the molecule is CC(C)(NC(=O)CN1C(=O)c2ccccc2C1=O)c1ccc(F)cc1. The van der Waals surface area contributed by atoms with Gasteiger partial charge in [-0.2, -0.15) is 0 Å². The van der Waals surface area contributed by atoms with Crippen molar-refractivity contribution in [1.82, 2.24) is 10.2 Å². The first-order valence-electron chi connectivity index (χ1n) is 7.82. The molecule has 1 aliphatic rings. The molecule has 1 aliphatic heterocycles. The molecule has 0 aromatic heterocycles. The maximum absolute atomic E-state index is 13.1. The first-order valence-corrected chi connectivity index (χ1v) is 7.82. The largest absolute Gasteiger partial charge is 0.346 e. The molecule has 0 saturated heterocycles. The van der Waals surface area contributed by atoms with Crippen LogP contribution in [0.25, 0.3) is 0 Å². The Kier molecular flexibility index (Phi) is 4.12. The van der Waals surface area contributed by atoms with Gasteiger partial charge in [0.2, 0.25) is 5.91 Å². The molecule has 2 aromatic carbocycles. The number of carbonyl (C=O) groups excluding carboxylic acids is 3. The van der Waals surface area contributed by atoms with Crippen LogP contribution in [0.4, 0.5) is 4.39 Å². The maximum Gasteiger partial charge on any atom is 0.262 e. The van der Waals surface area contributed by atoms with Crippen LogP contribution < -0.4 is 5.32 Å². The van der Waals surface area contributed by atoms with E-state index in [1.54, 1.807) is 50.2 Å². The van der Waals surface area contributed by atoms with Crippen molar-refractivity contribution in [2.75, 3.05) is 6.54 Å². The van der Waals surface area contributed by atoms with Crippen LogP contribution in [0.5, 0.6) is 0 Å². The van der Waals surface area contributed by atoms with Crippen molar-refractivity contribution in [2.24, 2.45) is 0 Å². The number of nitrogens with zero attached hydrogens (tertiary/aromatic N) is 1. The fourth-order valence-corrected chi connectivity index (χ4v) is 2.85. The number of halogens is 1. The van der Waals surface area contributed by atoms with Crippen LogP contribution >= 0.6 is 0 Å². The fourth-order valence-electron chi connectivity index (χ4n) is 2.85. The Balaban J connectivity index is 1.72. The van der Waals surface area contributed by atoms with Gasteiger partial charge in [0.05, 0.1) is 16.7 Å². The standard InChI is InChI=1S/C19H17FN2O3/c1-19(2,12-7-9-13(20)10-8-12)21-16(23)11-22-17(24)14-5-3-4-6-15(14)18(22)25/h3-10H,11H2,1-2H3,(H,21,23). The van der Waals surface area contributed by atoms with E-state index in [9.17, 15) is 18.8 Å². The van der Waals surface area contributed by atoms with E-state index in [0.717, 1.165) is 4.90 Å². The number of hydrogen-bond acceptors (Lipinski definition) is 3. The molecule has 3 amide bonds. The summed E-state index contributed by atoms with van der Waals surface area (Å²) in [5, 5.41) is 2.78. The second kappa shape index (κ2) is 6.12. The average Bonchev–Trinajstić information content (AvgIpc) is 2.80. The lowest BCUT2D eigenvalue weighted by molar-refractivity contribution is -0.123. The molecule has 3 rings (SSSR count). The molecule has 0 atom stereocenters. The average molecular weight is 340 g/mol. The van der Waals surface area contributed by atoms with E-state index < -0.39 is 23.3 Å². The Morgan fingerprint density at radius 1 is 1.00 bits per heavy atom. The van der Waals surface area contributed by atoms with Crippen molar-refractivity contribution < 1.29 is 18.8 Å². The van der Waals surface area contributed by atoms with Gasteiger partial charge in [0.15, 0.2) is 0 Å². The van der Waals surface area contributed by atoms with Crippen LogP contribution in [0.15, 0.2) is 48.5 Å². The third-order valence-electron chi connectivity index (χ3n) is 4.20. The summed E-state index contributed by atoms with van der Waals surface area (Å²) in [5.74, 6) is -1.79. The number of carbonyl (C=O) groups is 3. The molecular formula is C19H17FN2O3. The van der Waals surface area contributed by atoms with Crippen LogP contribution in [0.3, 0.4) is 0 Å². The highest BCUT2D eigenvalue weighted by Crippen LogP contribution is 2.23. The Morgan fingerprint density at radius 3 is 2.04 bits per heavy atom. The summed E-state index contributed by atoms with van der Waals surface area (Å²) in [4.78, 5) is 37.9. The molecule has 128 valence electrons. The molecule has 0 saturated carbocycles. The summed E-state index contributed by atoms with van der Waals surface area (Å²) in [6.45, 7) is 3.16. The highest BCUT2D eigenvalue weighted by atomic mass is 19.1. The van der Waals surface area contributed by atoms with E-state index in [-0.39, 0.29) is 12.4 Å². The molecule has 0 spiro atoms. The monoisotopic (exact) mass is 340 g/mol. The summed E-state index contributed by atoms with van der Waals surface area (Å²) >= 11 is 0. The van der Waals surface area contributed by atoms with Gasteiger partial charge in [-0.1, -0.05) is 24.3 Å². The van der Waals surface area contributed by atoms with Gasteiger partial charge in [-0.25, -0.2) is 4.39 Å². The minimum Gasteiger partial charge on any atom is -0.346 e. The molecule has 6 heteroatoms. The van der Waals surface area contributed by atoms with E-state index in [0.29, 0.717) is 16.7 Å². The van der Waals surface area contributed by atoms with Gasteiger partial charge in [-0.15, -0.1) is 0 Å². The molecule has 25 heavy (non-hydrogen) atoms. The van der Waals surface area contributed by atoms with Gasteiger partial charge in [-0.3, -0.25) is 19.3 Å². The molecule has 1 heterocycles. The highest BCUT2D eigenvalue weighted by molar-refractivity contribution is 6.22. The van der Waals surface area contributed by atoms with Gasteiger partial charge < -0.3 is 5.32 Å². The molecule has 2 aromatic rings. The van der Waals surface area contributed by atoms with Crippen molar-refractivity contribution in [2.45, 2.75) is 19.4 Å². The lowest BCUT2D eigenvalue weighted by atomic mass is 9.94. The zero-order chi connectivity index (χ0) is 18.2. The van der Waals surface area contributed by atoms with E-state index in [2.05, 4.69) is 5.32 Å². The Hall–Kier alpha value is -3.02. The zero-order valence-electron chi connectivity index (χ0n) is 13.9. The normalized spacial score (nSPS) is 13.8. The van der Waals surface area contributed by atoms with Crippen molar-refractivity contribution >= 4 is 17.7 Å². The second-order valence-corrected chi connectivity index (χ2v) is 6.42. The topological polar surface area (TPSA) is 66.5 Å². The van der Waals surface area contributed by atoms with Crippen LogP contribution in [-0.4, -0.2) is 29.2 Å². The van der Waals surface area contributed by atoms with E-state index in [1.807, 2.05) is 0 Å². The van der Waals surface area contributed by atoms with Crippen molar-refractivity contribution in [3.8, 4) is 0 Å². The van der Waals surface area contributed by atoms with Crippen molar-refractivity contribution in [3.05, 3.63) is 71.0 Å². The Labute approximate surface area is 144 Å². The lowest BCUT2D eigenvalue weighted by Crippen LogP contribution is -2.47. The second-order valence-electron chi connectivity index (χ2n) is 6.42. The molecule has 0 radical (unpaired) electrons. The quantitative estimate of drug-likeness (QED) is 0.870. The van der Waals surface area contributed by atoms with E-state index >= 15 is 0 Å². The molecular weight excluding hydrogens is 323 g/mol. The smallest absolute Gasteiger partial charge is 0.262 e. The number of nitrogens with one attached hydrogen (secondary N) is 1. The first kappa shape index (κ1) is 16.8. The summed E-state index contributed by atoms with van der Waals surface area (Å²) < 4.78 is 13.1. The van der Waals surface area contributed by atoms with Gasteiger partial charge >= 0.3 is 0 Å². The third-order valence-corrected chi connectivity index (χ3v) is 4.20. The van der Waals surface area contributed by atoms with Gasteiger partial charge in [-0.05, 0) is 43.7 Å². The predicted molar refractivity (Wildman–Crippen MR) is 89.4 cm³/mol. The van der Waals surface area contributed by atoms with Crippen molar-refractivity contribution in [3.63, 3.8) is 0 Å². The predicted octanol–water partition coefficient (Wildman–Crippen LogP) is 2.47. The number of hydrogen-bond donors (Lipinski definition) is 1. The number of benzene rings is 2. The molecule has 0 aliphatic carbocycles. The summed E-state index contributed by atoms with van der Waals surface area (Å²) in [7, 11) is 0. The van der Waals surface area contributed by atoms with E-state index in [4.69, 9.17) is 0 Å². The third kappa shape index (κ3) is 3.15. The molecule has 1 N–H and O–H groups in total. The van der Waals surface area contributed by atoms with Crippen LogP contribution in [-0.2, 0) is 10.3 Å². The number of fused-ring (bicyclic) bond motifs is 1. The summed E-state index contributed by atoms with van der Waals surface area (Å²) in [5.41, 5.74) is 0.546. The number of amides is 3. The van der Waals surface area contributed by atoms with Gasteiger partial charge in [0.1, 0.15) is 12.4 Å². The zero-order valence-corrected chi connectivity index (χ0v) is 13.9. The Bertz CT molecular complexity index is 824. The van der Waals surface area contributed by atoms with Crippen LogP contribution in [0.2, 0.25) is 0 Å². The highest BCUT2D eigenvalue weighted by Gasteiger charge is 2.37. The summed E-state index contributed by atoms with van der Waals surface area (Å²) in [6, 6.07) is 12.3. The van der Waals surface area contributed by atoms with Crippen LogP contribution in [0, 0.1) is 5.82 Å². The number of imide groups is 1. The van der Waals surface area contributed by atoms with Crippen LogP contribution in [0.1, 0.15) is 40.1 Å². The minimum absolute atomic E-state index is 0.304. The molecule has 0 bridgehead atoms. The first-order chi connectivity index (χ1) is 11.8. The fraction of sp³-hybridized carbons (Fsp3) is 0.211. The van der Waals surface area contributed by atoms with Gasteiger partial charge in [0, 0.05) is 0 Å². The molecule has 5 nitrogen and oxygen atoms in total. The van der Waals surface area contributed by atoms with Gasteiger partial charge in [0.25, 0.3) is 11.8 Å².